The first kappa shape index (κ1) is 11.5. The lowest BCUT2D eigenvalue weighted by Crippen LogP contribution is -2.22. The average Bonchev–Trinajstić information content (AvgIpc) is 2.71. The molecule has 1 aromatic carbocycles. The molecule has 86 valence electrons. The summed E-state index contributed by atoms with van der Waals surface area (Å²) >= 11 is 1.72. The van der Waals surface area contributed by atoms with Crippen molar-refractivity contribution < 1.29 is 5.11 Å². The molecule has 0 fully saturated rings. The predicted molar refractivity (Wildman–Crippen MR) is 67.6 cm³/mol. The van der Waals surface area contributed by atoms with Gasteiger partial charge in [0.1, 0.15) is 5.01 Å². The zero-order chi connectivity index (χ0) is 11.4. The first-order chi connectivity index (χ1) is 7.79. The third-order valence-electron chi connectivity index (χ3n) is 2.42. The van der Waals surface area contributed by atoms with Crippen LogP contribution in [0.4, 0.5) is 0 Å². The van der Waals surface area contributed by atoms with E-state index in [1.807, 2.05) is 25.1 Å². The number of hydrogen-bond acceptors (Lipinski definition) is 4. The van der Waals surface area contributed by atoms with Gasteiger partial charge in [0.05, 0.1) is 10.2 Å². The smallest absolute Gasteiger partial charge is 0.108 e. The second-order valence-electron chi connectivity index (χ2n) is 3.99. The van der Waals surface area contributed by atoms with Crippen molar-refractivity contribution in [3.05, 3.63) is 29.3 Å². The topological polar surface area (TPSA) is 45.1 Å². The molecule has 0 aliphatic carbocycles. The lowest BCUT2D eigenvalue weighted by molar-refractivity contribution is 0.233. The van der Waals surface area contributed by atoms with Gasteiger partial charge in [-0.2, -0.15) is 0 Å². The zero-order valence-corrected chi connectivity index (χ0v) is 10.1. The number of thiazole rings is 1. The van der Waals surface area contributed by atoms with Crippen LogP contribution >= 0.6 is 11.3 Å². The quantitative estimate of drug-likeness (QED) is 0.834. The van der Waals surface area contributed by atoms with Crippen LogP contribution in [-0.2, 0) is 6.54 Å². The molecule has 0 radical (unpaired) electrons. The van der Waals surface area contributed by atoms with Crippen molar-refractivity contribution in [2.24, 2.45) is 5.92 Å². The van der Waals surface area contributed by atoms with Crippen molar-refractivity contribution in [3.63, 3.8) is 0 Å². The summed E-state index contributed by atoms with van der Waals surface area (Å²) < 4.78 is 1.23. The van der Waals surface area contributed by atoms with Crippen molar-refractivity contribution in [2.75, 3.05) is 13.2 Å². The summed E-state index contributed by atoms with van der Waals surface area (Å²) in [6.07, 6.45) is 0. The number of para-hydroxylation sites is 1. The molecule has 4 heteroatoms. The number of benzene rings is 1. The molecule has 0 bridgehead atoms. The molecular weight excluding hydrogens is 220 g/mol. The van der Waals surface area contributed by atoms with E-state index >= 15 is 0 Å². The molecule has 1 unspecified atom stereocenters. The molecule has 0 amide bonds. The summed E-state index contributed by atoms with van der Waals surface area (Å²) in [6.45, 7) is 3.86. The Kier molecular flexibility index (Phi) is 3.88. The highest BCUT2D eigenvalue weighted by Gasteiger charge is 2.03. The van der Waals surface area contributed by atoms with Gasteiger partial charge in [0.15, 0.2) is 0 Å². The van der Waals surface area contributed by atoms with Crippen molar-refractivity contribution in [3.8, 4) is 0 Å². The summed E-state index contributed by atoms with van der Waals surface area (Å²) in [7, 11) is 0. The number of nitrogens with zero attached hydrogens (tertiary/aromatic N) is 1. The van der Waals surface area contributed by atoms with Crippen LogP contribution in [0.15, 0.2) is 24.3 Å². The van der Waals surface area contributed by atoms with Crippen LogP contribution in [0.3, 0.4) is 0 Å². The minimum Gasteiger partial charge on any atom is -0.396 e. The van der Waals surface area contributed by atoms with Gasteiger partial charge in [0, 0.05) is 19.7 Å². The van der Waals surface area contributed by atoms with Crippen LogP contribution in [0.5, 0.6) is 0 Å². The van der Waals surface area contributed by atoms with Crippen LogP contribution in [0, 0.1) is 5.92 Å². The van der Waals surface area contributed by atoms with Crippen LogP contribution in [0.25, 0.3) is 10.2 Å². The number of aromatic nitrogens is 1. The SMILES string of the molecule is CC(CO)CNCc1nc2ccccc2s1. The van der Waals surface area contributed by atoms with Crippen LogP contribution in [-0.4, -0.2) is 23.2 Å². The molecule has 2 N–H and O–H groups in total. The second-order valence-corrected chi connectivity index (χ2v) is 5.11. The maximum Gasteiger partial charge on any atom is 0.108 e. The van der Waals surface area contributed by atoms with Gasteiger partial charge in [-0.1, -0.05) is 19.1 Å². The first-order valence-corrected chi connectivity index (χ1v) is 6.27. The summed E-state index contributed by atoms with van der Waals surface area (Å²) in [6, 6.07) is 8.16. The van der Waals surface area contributed by atoms with Gasteiger partial charge in [0.2, 0.25) is 0 Å². The van der Waals surface area contributed by atoms with Crippen LogP contribution in [0.2, 0.25) is 0 Å². The predicted octanol–water partition coefficient (Wildman–Crippen LogP) is 2.01. The van der Waals surface area contributed by atoms with Crippen molar-refractivity contribution in [1.82, 2.24) is 10.3 Å². The molecule has 2 rings (SSSR count). The molecular formula is C12H16N2OS. The molecule has 3 nitrogen and oxygen atoms in total. The molecule has 0 saturated carbocycles. The average molecular weight is 236 g/mol. The molecule has 0 saturated heterocycles. The largest absolute Gasteiger partial charge is 0.396 e. The minimum atomic E-state index is 0.229. The first-order valence-electron chi connectivity index (χ1n) is 5.45. The normalized spacial score (nSPS) is 13.1. The van der Waals surface area contributed by atoms with Gasteiger partial charge in [-0.05, 0) is 18.1 Å². The molecule has 1 heterocycles. The van der Waals surface area contributed by atoms with E-state index in [9.17, 15) is 0 Å². The second kappa shape index (κ2) is 5.39. The maximum atomic E-state index is 8.89. The van der Waals surface area contributed by atoms with Gasteiger partial charge < -0.3 is 10.4 Å². The van der Waals surface area contributed by atoms with Gasteiger partial charge in [-0.15, -0.1) is 11.3 Å². The minimum absolute atomic E-state index is 0.229. The number of nitrogens with one attached hydrogen (secondary N) is 1. The van der Waals surface area contributed by atoms with E-state index in [0.29, 0.717) is 5.92 Å². The Morgan fingerprint density at radius 1 is 1.44 bits per heavy atom. The van der Waals surface area contributed by atoms with Gasteiger partial charge >= 0.3 is 0 Å². The maximum absolute atomic E-state index is 8.89. The number of aliphatic hydroxyl groups excluding tert-OH is 1. The summed E-state index contributed by atoms with van der Waals surface area (Å²) in [4.78, 5) is 4.53. The third kappa shape index (κ3) is 2.78. The molecule has 16 heavy (non-hydrogen) atoms. The monoisotopic (exact) mass is 236 g/mol. The van der Waals surface area contributed by atoms with Crippen molar-refractivity contribution in [1.29, 1.82) is 0 Å². The van der Waals surface area contributed by atoms with Crippen LogP contribution < -0.4 is 5.32 Å². The van der Waals surface area contributed by atoms with E-state index in [1.165, 1.54) is 4.70 Å². The highest BCUT2D eigenvalue weighted by molar-refractivity contribution is 7.18. The number of aliphatic hydroxyl groups is 1. The van der Waals surface area contributed by atoms with Crippen molar-refractivity contribution >= 4 is 21.6 Å². The lowest BCUT2D eigenvalue weighted by atomic mass is 10.2. The van der Waals surface area contributed by atoms with E-state index in [1.54, 1.807) is 11.3 Å². The Morgan fingerprint density at radius 2 is 2.25 bits per heavy atom. The molecule has 0 aliphatic rings. The Balaban J connectivity index is 1.94. The standard InChI is InChI=1S/C12H16N2OS/c1-9(8-15)6-13-7-12-14-10-4-2-3-5-11(10)16-12/h2-5,9,13,15H,6-8H2,1H3. The van der Waals surface area contributed by atoms with E-state index < -0.39 is 0 Å². The molecule has 1 atom stereocenters. The fraction of sp³-hybridized carbons (Fsp3) is 0.417. The third-order valence-corrected chi connectivity index (χ3v) is 3.46. The number of hydrogen-bond donors (Lipinski definition) is 2. The number of fused-ring (bicyclic) bond motifs is 1. The van der Waals surface area contributed by atoms with E-state index in [-0.39, 0.29) is 6.61 Å². The molecule has 2 aromatic rings. The molecule has 1 aromatic heterocycles. The Hall–Kier alpha value is -0.970. The summed E-state index contributed by atoms with van der Waals surface area (Å²) in [5.41, 5.74) is 1.07. The van der Waals surface area contributed by atoms with Gasteiger partial charge in [-0.25, -0.2) is 4.98 Å². The Morgan fingerprint density at radius 3 is 3.00 bits per heavy atom. The van der Waals surface area contributed by atoms with E-state index in [0.717, 1.165) is 23.6 Å². The lowest BCUT2D eigenvalue weighted by Gasteiger charge is -2.07. The highest BCUT2D eigenvalue weighted by Crippen LogP contribution is 2.21. The van der Waals surface area contributed by atoms with Crippen molar-refractivity contribution in [2.45, 2.75) is 13.5 Å². The van der Waals surface area contributed by atoms with E-state index in [2.05, 4.69) is 16.4 Å². The Labute approximate surface area is 99.1 Å². The fourth-order valence-corrected chi connectivity index (χ4v) is 2.42. The summed E-state index contributed by atoms with van der Waals surface area (Å²) in [5, 5.41) is 13.3. The van der Waals surface area contributed by atoms with Gasteiger partial charge in [-0.3, -0.25) is 0 Å². The Bertz CT molecular complexity index is 422. The summed E-state index contributed by atoms with van der Waals surface area (Å²) in [5.74, 6) is 0.300. The highest BCUT2D eigenvalue weighted by atomic mass is 32.1. The van der Waals surface area contributed by atoms with Crippen LogP contribution in [0.1, 0.15) is 11.9 Å². The molecule has 0 spiro atoms. The van der Waals surface area contributed by atoms with E-state index in [4.69, 9.17) is 5.11 Å². The zero-order valence-electron chi connectivity index (χ0n) is 9.31. The fourth-order valence-electron chi connectivity index (χ4n) is 1.49. The van der Waals surface area contributed by atoms with Gasteiger partial charge in [0.25, 0.3) is 0 Å². The molecule has 0 aliphatic heterocycles. The number of rotatable bonds is 5.